The van der Waals surface area contributed by atoms with Crippen molar-refractivity contribution in [1.29, 1.82) is 0 Å². The number of rotatable bonds is 2. The van der Waals surface area contributed by atoms with Gasteiger partial charge >= 0.3 is 0 Å². The summed E-state index contributed by atoms with van der Waals surface area (Å²) in [5, 5.41) is 0. The monoisotopic (exact) mass is 230 g/mol. The van der Waals surface area contributed by atoms with E-state index in [0.29, 0.717) is 11.8 Å². The van der Waals surface area contributed by atoms with E-state index < -0.39 is 0 Å². The highest BCUT2D eigenvalue weighted by Gasteiger charge is 2.33. The molecule has 2 aliphatic rings. The highest BCUT2D eigenvalue weighted by molar-refractivity contribution is 5.40. The van der Waals surface area contributed by atoms with E-state index >= 15 is 0 Å². The molecule has 0 spiro atoms. The van der Waals surface area contributed by atoms with Gasteiger partial charge in [0.1, 0.15) is 0 Å². The van der Waals surface area contributed by atoms with Crippen molar-refractivity contribution in [3.8, 4) is 0 Å². The molecule has 0 heterocycles. The van der Waals surface area contributed by atoms with E-state index in [1.54, 1.807) is 11.1 Å². The Hall–Kier alpha value is -0.780. The molecule has 0 aromatic carbocycles. The average Bonchev–Trinajstić information content (AvgIpc) is 2.32. The SMILES string of the molecule is CCC(C)C1=CC(C)C2C(=C1)C=CC(C)C2C. The van der Waals surface area contributed by atoms with Crippen molar-refractivity contribution in [2.75, 3.05) is 0 Å². The summed E-state index contributed by atoms with van der Waals surface area (Å²) in [6, 6.07) is 0. The van der Waals surface area contributed by atoms with Crippen LogP contribution in [-0.4, -0.2) is 0 Å². The van der Waals surface area contributed by atoms with Crippen LogP contribution in [0.4, 0.5) is 0 Å². The van der Waals surface area contributed by atoms with Crippen LogP contribution in [0.1, 0.15) is 41.0 Å². The van der Waals surface area contributed by atoms with Gasteiger partial charge in [-0.2, -0.15) is 0 Å². The van der Waals surface area contributed by atoms with Crippen LogP contribution in [-0.2, 0) is 0 Å². The van der Waals surface area contributed by atoms with Gasteiger partial charge in [-0.25, -0.2) is 0 Å². The highest BCUT2D eigenvalue weighted by Crippen LogP contribution is 2.43. The third kappa shape index (κ3) is 2.27. The summed E-state index contributed by atoms with van der Waals surface area (Å²) in [5.41, 5.74) is 3.12. The van der Waals surface area contributed by atoms with E-state index in [1.165, 1.54) is 6.42 Å². The third-order valence-corrected chi connectivity index (χ3v) is 4.91. The number of hydrogen-bond acceptors (Lipinski definition) is 0. The van der Waals surface area contributed by atoms with Gasteiger partial charge < -0.3 is 0 Å². The second kappa shape index (κ2) is 4.84. The minimum atomic E-state index is 0.696. The summed E-state index contributed by atoms with van der Waals surface area (Å²) in [4.78, 5) is 0. The first-order chi connectivity index (χ1) is 8.04. The summed E-state index contributed by atoms with van der Waals surface area (Å²) in [7, 11) is 0. The highest BCUT2D eigenvalue weighted by atomic mass is 14.4. The molecule has 0 saturated carbocycles. The Balaban J connectivity index is 2.32. The molecule has 5 atom stereocenters. The van der Waals surface area contributed by atoms with E-state index in [4.69, 9.17) is 0 Å². The van der Waals surface area contributed by atoms with Gasteiger partial charge in [-0.05, 0) is 47.2 Å². The lowest BCUT2D eigenvalue weighted by molar-refractivity contribution is 0.276. The van der Waals surface area contributed by atoms with Gasteiger partial charge in [0.05, 0.1) is 0 Å². The van der Waals surface area contributed by atoms with Crippen LogP contribution in [0.25, 0.3) is 0 Å². The van der Waals surface area contributed by atoms with Crippen LogP contribution in [0, 0.1) is 29.6 Å². The van der Waals surface area contributed by atoms with Gasteiger partial charge in [-0.3, -0.25) is 0 Å². The third-order valence-electron chi connectivity index (χ3n) is 4.91. The van der Waals surface area contributed by atoms with Crippen LogP contribution < -0.4 is 0 Å². The fraction of sp³-hybridized carbons (Fsp3) is 0.647. The summed E-state index contributed by atoms with van der Waals surface area (Å²) < 4.78 is 0. The normalized spacial score (nSPS) is 38.2. The molecule has 0 nitrogen and oxygen atoms in total. The predicted octanol–water partition coefficient (Wildman–Crippen LogP) is 4.99. The van der Waals surface area contributed by atoms with Gasteiger partial charge in [-0.15, -0.1) is 0 Å². The Bertz CT molecular complexity index is 369. The van der Waals surface area contributed by atoms with Gasteiger partial charge in [0.15, 0.2) is 0 Å². The van der Waals surface area contributed by atoms with Crippen LogP contribution in [0.5, 0.6) is 0 Å². The lowest BCUT2D eigenvalue weighted by Crippen LogP contribution is -2.29. The minimum absolute atomic E-state index is 0.696. The van der Waals surface area contributed by atoms with E-state index in [1.807, 2.05) is 0 Å². The maximum atomic E-state index is 2.52. The Morgan fingerprint density at radius 1 is 1.18 bits per heavy atom. The van der Waals surface area contributed by atoms with Gasteiger partial charge in [0, 0.05) is 0 Å². The van der Waals surface area contributed by atoms with Crippen molar-refractivity contribution in [1.82, 2.24) is 0 Å². The van der Waals surface area contributed by atoms with E-state index in [2.05, 4.69) is 58.9 Å². The number of fused-ring (bicyclic) bond motifs is 1. The smallest absolute Gasteiger partial charge is 0.00702 e. The lowest BCUT2D eigenvalue weighted by atomic mass is 9.66. The van der Waals surface area contributed by atoms with Crippen molar-refractivity contribution in [2.24, 2.45) is 29.6 Å². The van der Waals surface area contributed by atoms with Crippen LogP contribution >= 0.6 is 0 Å². The van der Waals surface area contributed by atoms with Crippen LogP contribution in [0.15, 0.2) is 35.5 Å². The molecule has 2 rings (SSSR count). The van der Waals surface area contributed by atoms with Crippen molar-refractivity contribution >= 4 is 0 Å². The Labute approximate surface area is 106 Å². The van der Waals surface area contributed by atoms with E-state index in [-0.39, 0.29) is 0 Å². The van der Waals surface area contributed by atoms with E-state index in [9.17, 15) is 0 Å². The molecule has 0 aliphatic heterocycles. The molecule has 0 aromatic heterocycles. The standard InChI is InChI=1S/C17H26/c1-6-11(2)16-9-13(4)17-14(5)12(3)7-8-15(17)10-16/h7-14,17H,6H2,1-5H3. The largest absolute Gasteiger partial charge is 0.0811 e. The Kier molecular flexibility index (Phi) is 3.61. The zero-order chi connectivity index (χ0) is 12.6. The predicted molar refractivity (Wildman–Crippen MR) is 75.7 cm³/mol. The van der Waals surface area contributed by atoms with Gasteiger partial charge in [0.25, 0.3) is 0 Å². The zero-order valence-electron chi connectivity index (χ0n) is 11.9. The zero-order valence-corrected chi connectivity index (χ0v) is 11.9. The molecule has 0 saturated heterocycles. The lowest BCUT2D eigenvalue weighted by Gasteiger charge is -2.38. The minimum Gasteiger partial charge on any atom is -0.0811 e. The fourth-order valence-corrected chi connectivity index (χ4v) is 3.30. The first-order valence-corrected chi connectivity index (χ1v) is 7.16. The number of hydrogen-bond donors (Lipinski definition) is 0. The maximum absolute atomic E-state index is 2.52. The molecule has 0 aromatic rings. The Morgan fingerprint density at radius 3 is 2.53 bits per heavy atom. The molecule has 17 heavy (non-hydrogen) atoms. The molecular weight excluding hydrogens is 204 g/mol. The summed E-state index contributed by atoms with van der Waals surface area (Å²) >= 11 is 0. The van der Waals surface area contributed by atoms with Gasteiger partial charge in [0.2, 0.25) is 0 Å². The van der Waals surface area contributed by atoms with Crippen molar-refractivity contribution in [2.45, 2.75) is 41.0 Å². The topological polar surface area (TPSA) is 0 Å². The first-order valence-electron chi connectivity index (χ1n) is 7.16. The molecule has 94 valence electrons. The molecule has 0 N–H and O–H groups in total. The molecule has 2 aliphatic carbocycles. The molecule has 5 unspecified atom stereocenters. The van der Waals surface area contributed by atoms with Crippen molar-refractivity contribution < 1.29 is 0 Å². The molecule has 0 heteroatoms. The molecule has 0 radical (unpaired) electrons. The quantitative estimate of drug-likeness (QED) is 0.626. The molecule has 0 bridgehead atoms. The second-order valence-corrected chi connectivity index (χ2v) is 6.08. The van der Waals surface area contributed by atoms with Gasteiger partial charge in [-0.1, -0.05) is 58.9 Å². The van der Waals surface area contributed by atoms with E-state index in [0.717, 1.165) is 17.8 Å². The summed E-state index contributed by atoms with van der Waals surface area (Å²) in [5.74, 6) is 3.63. The first kappa shape index (κ1) is 12.7. The number of allylic oxidation sites excluding steroid dienone is 6. The maximum Gasteiger partial charge on any atom is -0.00702 e. The van der Waals surface area contributed by atoms with Crippen LogP contribution in [0.2, 0.25) is 0 Å². The fourth-order valence-electron chi connectivity index (χ4n) is 3.30. The average molecular weight is 230 g/mol. The van der Waals surface area contributed by atoms with Crippen LogP contribution in [0.3, 0.4) is 0 Å². The molecule has 0 amide bonds. The Morgan fingerprint density at radius 2 is 1.88 bits per heavy atom. The second-order valence-electron chi connectivity index (χ2n) is 6.08. The van der Waals surface area contributed by atoms with Crippen molar-refractivity contribution in [3.05, 3.63) is 35.5 Å². The molecular formula is C17H26. The molecule has 0 fully saturated rings. The summed E-state index contributed by atoms with van der Waals surface area (Å²) in [6.07, 6.45) is 11.0. The summed E-state index contributed by atoms with van der Waals surface area (Å²) in [6.45, 7) is 11.8. The van der Waals surface area contributed by atoms with Crippen molar-refractivity contribution in [3.63, 3.8) is 0 Å².